The number of nitrogens with zero attached hydrogens (tertiary/aromatic N) is 5. The number of carbonyl (C=O) groups is 3. The number of hydrogen-bond acceptors (Lipinski definition) is 9. The Labute approximate surface area is 307 Å². The minimum Gasteiger partial charge on any atom is -0.469 e. The molecule has 52 heavy (non-hydrogen) atoms. The van der Waals surface area contributed by atoms with E-state index in [1.165, 1.54) is 7.11 Å². The predicted octanol–water partition coefficient (Wildman–Crippen LogP) is 5.28. The minimum atomic E-state index is -2.92. The number of aryl methyl sites for hydroxylation is 1. The van der Waals surface area contributed by atoms with Gasteiger partial charge >= 0.3 is 5.97 Å². The van der Waals surface area contributed by atoms with Crippen LogP contribution in [-0.4, -0.2) is 83.9 Å². The lowest BCUT2D eigenvalue weighted by molar-refractivity contribution is -0.146. The van der Waals surface area contributed by atoms with E-state index in [1.54, 1.807) is 9.58 Å². The summed E-state index contributed by atoms with van der Waals surface area (Å²) in [6.07, 6.45) is 7.68. The highest BCUT2D eigenvalue weighted by molar-refractivity contribution is 6.71. The fraction of sp³-hybridized carbons (Fsp3) is 0.564. The molecule has 1 spiro atoms. The van der Waals surface area contributed by atoms with Gasteiger partial charge in [0.1, 0.15) is 0 Å². The van der Waals surface area contributed by atoms with Crippen LogP contribution in [0.3, 0.4) is 0 Å². The fourth-order valence-electron chi connectivity index (χ4n) is 8.70. The van der Waals surface area contributed by atoms with Gasteiger partial charge in [0.05, 0.1) is 37.1 Å². The number of methoxy groups -OCH3 is 1. The molecule has 3 aromatic rings. The molecular weight excluding hydrogens is 679 g/mol. The summed E-state index contributed by atoms with van der Waals surface area (Å²) in [6, 6.07) is 15.6. The molecule has 2 aromatic carbocycles. The van der Waals surface area contributed by atoms with Crippen molar-refractivity contribution in [2.45, 2.75) is 108 Å². The van der Waals surface area contributed by atoms with Crippen LogP contribution < -0.4 is 9.80 Å². The van der Waals surface area contributed by atoms with Gasteiger partial charge in [0, 0.05) is 61.4 Å². The zero-order chi connectivity index (χ0) is 37.0. The average Bonchev–Trinajstić information content (AvgIpc) is 3.78. The van der Waals surface area contributed by atoms with Gasteiger partial charge in [-0.1, -0.05) is 55.3 Å². The Morgan fingerprint density at radius 3 is 2.58 bits per heavy atom. The number of rotatable bonds is 13. The number of carbonyl (C=O) groups excluding carboxylic acids is 3. The number of unbranched alkanes of at least 4 members (excludes halogenated alkanes) is 1. The Bertz CT molecular complexity index is 1730. The minimum absolute atomic E-state index is 0.0839. The van der Waals surface area contributed by atoms with Crippen molar-refractivity contribution in [3.8, 4) is 0 Å². The maximum atomic E-state index is 14.9. The molecule has 2 amide bonds. The highest BCUT2D eigenvalue weighted by Crippen LogP contribution is 2.60. The molecule has 1 aromatic heterocycles. The van der Waals surface area contributed by atoms with Crippen molar-refractivity contribution in [3.05, 3.63) is 71.5 Å². The van der Waals surface area contributed by atoms with Gasteiger partial charge in [0.15, 0.2) is 13.9 Å². The second kappa shape index (κ2) is 16.0. The van der Waals surface area contributed by atoms with Crippen LogP contribution in [0, 0.1) is 5.92 Å². The summed E-state index contributed by atoms with van der Waals surface area (Å²) >= 11 is 0. The van der Waals surface area contributed by atoms with E-state index in [0.29, 0.717) is 51.0 Å². The second-order valence-electron chi connectivity index (χ2n) is 15.1. The first-order valence-electron chi connectivity index (χ1n) is 18.8. The topological polar surface area (TPSA) is 147 Å². The van der Waals surface area contributed by atoms with Crippen LogP contribution in [0.25, 0.3) is 0 Å². The van der Waals surface area contributed by atoms with Gasteiger partial charge in [0.2, 0.25) is 5.91 Å². The molecule has 0 radical (unpaired) electrons. The van der Waals surface area contributed by atoms with E-state index in [1.807, 2.05) is 79.6 Å². The quantitative estimate of drug-likeness (QED) is 0.136. The largest absolute Gasteiger partial charge is 0.469 e. The van der Waals surface area contributed by atoms with E-state index in [0.717, 1.165) is 48.2 Å². The van der Waals surface area contributed by atoms with Gasteiger partial charge < -0.3 is 29.2 Å². The van der Waals surface area contributed by atoms with Crippen molar-refractivity contribution in [1.82, 2.24) is 15.0 Å². The van der Waals surface area contributed by atoms with Gasteiger partial charge in [-0.25, -0.2) is 0 Å². The van der Waals surface area contributed by atoms with Crippen LogP contribution in [0.4, 0.5) is 11.4 Å². The molecule has 2 fully saturated rings. The van der Waals surface area contributed by atoms with Crippen molar-refractivity contribution >= 4 is 37.5 Å². The Balaban J connectivity index is 1.32. The summed E-state index contributed by atoms with van der Waals surface area (Å²) in [5.74, 6) is -1.05. The molecule has 0 saturated carbocycles. The zero-order valence-electron chi connectivity index (χ0n) is 30.9. The van der Waals surface area contributed by atoms with Crippen molar-refractivity contribution < 1.29 is 33.8 Å². The number of aromatic nitrogens is 3. The molecule has 12 nitrogen and oxygen atoms in total. The lowest BCUT2D eigenvalue weighted by Gasteiger charge is -2.33. The van der Waals surface area contributed by atoms with Crippen LogP contribution in [0.2, 0.25) is 18.6 Å². The molecule has 280 valence electrons. The molecule has 6 rings (SSSR count). The molecule has 4 heterocycles. The molecule has 0 bridgehead atoms. The van der Waals surface area contributed by atoms with Gasteiger partial charge in [0.25, 0.3) is 5.91 Å². The lowest BCUT2D eigenvalue weighted by atomic mass is 9.82. The van der Waals surface area contributed by atoms with E-state index in [9.17, 15) is 24.3 Å². The molecule has 5 atom stereocenters. The number of esters is 1. The SMILES string of the molecule is COC(=O)CCCCN1C(=O)[C@@]2(O[C@@H](CCn3cc(C(CO)c4ccccc4)nn3)[C@H]([Si](C)(C)O)[C@H]2C)c2cc(N3CCCCCCC3=O)ccc21. The fourth-order valence-corrected chi connectivity index (χ4v) is 11.3. The van der Waals surface area contributed by atoms with Crippen LogP contribution in [0.5, 0.6) is 0 Å². The highest BCUT2D eigenvalue weighted by atomic mass is 28.4. The normalized spacial score (nSPS) is 24.2. The summed E-state index contributed by atoms with van der Waals surface area (Å²) in [7, 11) is -1.55. The number of ether oxygens (including phenoxy) is 2. The second-order valence-corrected chi connectivity index (χ2v) is 19.1. The Kier molecular flexibility index (Phi) is 11.6. The third kappa shape index (κ3) is 7.46. The Morgan fingerprint density at radius 1 is 1.08 bits per heavy atom. The van der Waals surface area contributed by atoms with Crippen LogP contribution >= 0.6 is 0 Å². The number of benzene rings is 2. The van der Waals surface area contributed by atoms with Gasteiger partial charge in [-0.15, -0.1) is 5.10 Å². The monoisotopic (exact) mass is 731 g/mol. The maximum Gasteiger partial charge on any atom is 0.305 e. The smallest absolute Gasteiger partial charge is 0.305 e. The summed E-state index contributed by atoms with van der Waals surface area (Å²) < 4.78 is 13.6. The van der Waals surface area contributed by atoms with Gasteiger partial charge in [-0.3, -0.25) is 19.1 Å². The van der Waals surface area contributed by atoms with Gasteiger partial charge in [-0.2, -0.15) is 0 Å². The first-order valence-corrected chi connectivity index (χ1v) is 21.8. The van der Waals surface area contributed by atoms with Gasteiger partial charge in [-0.05, 0) is 69.0 Å². The molecule has 3 aliphatic heterocycles. The first-order chi connectivity index (χ1) is 25.0. The number of aliphatic hydroxyl groups excluding tert-OH is 1. The van der Waals surface area contributed by atoms with Crippen LogP contribution in [0.1, 0.15) is 87.4 Å². The van der Waals surface area contributed by atoms with E-state index < -0.39 is 20.0 Å². The highest BCUT2D eigenvalue weighted by Gasteiger charge is 2.66. The van der Waals surface area contributed by atoms with Crippen LogP contribution in [0.15, 0.2) is 54.7 Å². The molecular formula is C39H53N5O7Si. The maximum absolute atomic E-state index is 14.9. The molecule has 0 aliphatic carbocycles. The third-order valence-corrected chi connectivity index (χ3v) is 13.8. The molecule has 3 aliphatic rings. The number of fused-ring (bicyclic) bond motifs is 2. The van der Waals surface area contributed by atoms with E-state index in [4.69, 9.17) is 9.47 Å². The number of amides is 2. The van der Waals surface area contributed by atoms with Crippen molar-refractivity contribution in [3.63, 3.8) is 0 Å². The van der Waals surface area contributed by atoms with Crippen molar-refractivity contribution in [1.29, 1.82) is 0 Å². The molecule has 2 saturated heterocycles. The summed E-state index contributed by atoms with van der Waals surface area (Å²) in [5, 5.41) is 19.0. The zero-order valence-corrected chi connectivity index (χ0v) is 31.9. The van der Waals surface area contributed by atoms with Crippen LogP contribution in [-0.2, 0) is 36.0 Å². The Morgan fingerprint density at radius 2 is 1.85 bits per heavy atom. The number of hydrogen-bond donors (Lipinski definition) is 2. The lowest BCUT2D eigenvalue weighted by Crippen LogP contribution is -2.46. The summed E-state index contributed by atoms with van der Waals surface area (Å²) in [5.41, 5.74) is 2.20. The molecule has 1 unspecified atom stereocenters. The third-order valence-electron chi connectivity index (χ3n) is 11.3. The number of aliphatic hydroxyl groups is 1. The summed E-state index contributed by atoms with van der Waals surface area (Å²) in [6.45, 7) is 7.18. The predicted molar refractivity (Wildman–Crippen MR) is 199 cm³/mol. The van der Waals surface area contributed by atoms with E-state index in [-0.39, 0.29) is 48.2 Å². The standard InChI is InChI=1S/C39H53N5O7Si/c1-27-37(52(3,4)49)34(20-23-42-25-32(40-41-42)30(26-45)28-14-8-7-9-15-28)51-39(27)31-24-29(43-21-12-6-5-10-16-35(43)46)18-19-33(31)44(38(39)48)22-13-11-17-36(47)50-2/h7-9,14-15,18-19,24-25,27,30,34,37,45,49H,5-6,10-13,16-17,20-23,26H2,1-4H3/t27-,30?,34+,37-,39+/m1/s1. The van der Waals surface area contributed by atoms with Crippen molar-refractivity contribution in [2.24, 2.45) is 5.92 Å². The van der Waals surface area contributed by atoms with E-state index >= 15 is 0 Å². The average molecular weight is 732 g/mol. The molecule has 2 N–H and O–H groups in total. The summed E-state index contributed by atoms with van der Waals surface area (Å²) in [4.78, 5) is 55.5. The Hall–Kier alpha value is -3.91. The number of anilines is 2. The first kappa shape index (κ1) is 37.8. The van der Waals surface area contributed by atoms with E-state index in [2.05, 4.69) is 10.3 Å². The van der Waals surface area contributed by atoms with Crippen molar-refractivity contribution in [2.75, 3.05) is 36.6 Å². The molecule has 13 heteroatoms.